The van der Waals surface area contributed by atoms with Gasteiger partial charge in [0, 0.05) is 16.1 Å². The quantitative estimate of drug-likeness (QED) is 0.271. The van der Waals surface area contributed by atoms with Crippen molar-refractivity contribution in [2.75, 3.05) is 12.0 Å². The fourth-order valence-electron chi connectivity index (χ4n) is 4.87. The van der Waals surface area contributed by atoms with Gasteiger partial charge in [0.2, 0.25) is 5.78 Å². The van der Waals surface area contributed by atoms with Gasteiger partial charge in [-0.3, -0.25) is 14.5 Å². The molecule has 194 valence electrons. The van der Waals surface area contributed by atoms with E-state index in [2.05, 4.69) is 20.8 Å². The van der Waals surface area contributed by atoms with E-state index < -0.39 is 23.5 Å². The second-order valence-corrected chi connectivity index (χ2v) is 10.8. The molecule has 0 saturated carbocycles. The summed E-state index contributed by atoms with van der Waals surface area (Å²) in [6.45, 7) is 8.13. The van der Waals surface area contributed by atoms with Crippen LogP contribution < -0.4 is 9.64 Å². The maximum Gasteiger partial charge on any atom is 0.294 e. The van der Waals surface area contributed by atoms with E-state index in [0.29, 0.717) is 38.6 Å². The zero-order chi connectivity index (χ0) is 27.4. The molecule has 0 aliphatic carbocycles. The summed E-state index contributed by atoms with van der Waals surface area (Å²) in [5.74, 6) is -1.40. The number of methoxy groups -OCH3 is 1. The number of halogens is 1. The van der Waals surface area contributed by atoms with Crippen molar-refractivity contribution in [2.45, 2.75) is 39.2 Å². The molecule has 1 aliphatic heterocycles. The van der Waals surface area contributed by atoms with Gasteiger partial charge in [-0.1, -0.05) is 74.8 Å². The highest BCUT2D eigenvalue weighted by atomic mass is 35.5. The first kappa shape index (κ1) is 25.6. The fraction of sp³-hybridized carbons (Fsp3) is 0.226. The van der Waals surface area contributed by atoms with Crippen molar-refractivity contribution in [1.82, 2.24) is 0 Å². The van der Waals surface area contributed by atoms with Gasteiger partial charge in [-0.15, -0.1) is 0 Å². The van der Waals surface area contributed by atoms with Crippen molar-refractivity contribution in [1.29, 1.82) is 0 Å². The molecule has 1 unspecified atom stereocenters. The minimum atomic E-state index is -0.892. The van der Waals surface area contributed by atoms with Crippen LogP contribution >= 0.6 is 11.6 Å². The Morgan fingerprint density at radius 1 is 1.05 bits per heavy atom. The Kier molecular flexibility index (Phi) is 6.32. The SMILES string of the molecule is COc1cccc2cc(C(=O)C3=C(O)C(=O)N(c4cccc(Cl)c4C)C3c3ccc(C(C)(C)C)cc3)oc12. The monoisotopic (exact) mass is 529 g/mol. The Labute approximate surface area is 226 Å². The molecule has 1 N–H and O–H groups in total. The topological polar surface area (TPSA) is 80.0 Å². The Balaban J connectivity index is 1.68. The van der Waals surface area contributed by atoms with Crippen molar-refractivity contribution in [2.24, 2.45) is 0 Å². The van der Waals surface area contributed by atoms with Crippen LogP contribution in [0, 0.1) is 6.92 Å². The largest absolute Gasteiger partial charge is 0.503 e. The summed E-state index contributed by atoms with van der Waals surface area (Å²) in [6.07, 6.45) is 0. The first-order chi connectivity index (χ1) is 18.0. The van der Waals surface area contributed by atoms with Crippen LogP contribution in [-0.4, -0.2) is 23.9 Å². The van der Waals surface area contributed by atoms with Gasteiger partial charge in [0.25, 0.3) is 5.91 Å². The van der Waals surface area contributed by atoms with E-state index >= 15 is 0 Å². The number of amides is 1. The third-order valence-electron chi connectivity index (χ3n) is 7.00. The molecule has 1 amide bonds. The number of ether oxygens (including phenoxy) is 1. The molecule has 7 heteroatoms. The van der Waals surface area contributed by atoms with Crippen LogP contribution in [0.15, 0.2) is 82.5 Å². The van der Waals surface area contributed by atoms with Gasteiger partial charge < -0.3 is 14.3 Å². The number of ketones is 1. The summed E-state index contributed by atoms with van der Waals surface area (Å²) in [5.41, 5.74) is 3.21. The second-order valence-electron chi connectivity index (χ2n) is 10.4. The van der Waals surface area contributed by atoms with E-state index in [-0.39, 0.29) is 16.7 Å². The molecular formula is C31H28ClNO5. The van der Waals surface area contributed by atoms with E-state index in [1.165, 1.54) is 12.0 Å². The van der Waals surface area contributed by atoms with Crippen LogP contribution in [0.3, 0.4) is 0 Å². The van der Waals surface area contributed by atoms with Crippen LogP contribution in [0.2, 0.25) is 5.02 Å². The maximum atomic E-state index is 14.0. The number of hydrogen-bond acceptors (Lipinski definition) is 5. The molecule has 1 aliphatic rings. The molecule has 3 aromatic carbocycles. The number of para-hydroxylation sites is 1. The molecule has 1 atom stereocenters. The average Bonchev–Trinajstić information content (AvgIpc) is 3.44. The molecular weight excluding hydrogens is 502 g/mol. The van der Waals surface area contributed by atoms with Gasteiger partial charge in [0.15, 0.2) is 22.9 Å². The molecule has 0 radical (unpaired) electrons. The van der Waals surface area contributed by atoms with E-state index in [9.17, 15) is 14.7 Å². The van der Waals surface area contributed by atoms with Gasteiger partial charge >= 0.3 is 0 Å². The normalized spacial score (nSPS) is 16.0. The highest BCUT2D eigenvalue weighted by Crippen LogP contribution is 2.44. The standard InChI is InChI=1S/C31H28ClNO5/c1-17-21(32)9-7-10-22(17)33-26(18-12-14-20(15-13-18)31(2,3)4)25(28(35)30(33)36)27(34)24-16-19-8-6-11-23(37-5)29(19)38-24/h6-16,26,35H,1-5H3. The summed E-state index contributed by atoms with van der Waals surface area (Å²) in [5, 5.41) is 12.3. The van der Waals surface area contributed by atoms with Crippen molar-refractivity contribution in [3.63, 3.8) is 0 Å². The molecule has 0 saturated heterocycles. The van der Waals surface area contributed by atoms with Gasteiger partial charge in [-0.2, -0.15) is 0 Å². The van der Waals surface area contributed by atoms with E-state index in [1.54, 1.807) is 49.4 Å². The van der Waals surface area contributed by atoms with E-state index in [4.69, 9.17) is 20.8 Å². The number of carbonyl (C=O) groups is 2. The fourth-order valence-corrected chi connectivity index (χ4v) is 5.03. The van der Waals surface area contributed by atoms with Gasteiger partial charge in [0.1, 0.15) is 0 Å². The number of hydrogen-bond donors (Lipinski definition) is 1. The predicted octanol–water partition coefficient (Wildman–Crippen LogP) is 7.48. The number of anilines is 1. The highest BCUT2D eigenvalue weighted by Gasteiger charge is 2.46. The van der Waals surface area contributed by atoms with Gasteiger partial charge in [0.05, 0.1) is 18.7 Å². The van der Waals surface area contributed by atoms with Crippen LogP contribution in [0.1, 0.15) is 54.1 Å². The number of nitrogens with zero attached hydrogens (tertiary/aromatic N) is 1. The molecule has 0 fully saturated rings. The van der Waals surface area contributed by atoms with Crippen LogP contribution in [-0.2, 0) is 10.2 Å². The summed E-state index contributed by atoms with van der Waals surface area (Å²) in [7, 11) is 1.52. The summed E-state index contributed by atoms with van der Waals surface area (Å²) >= 11 is 6.40. The summed E-state index contributed by atoms with van der Waals surface area (Å²) < 4.78 is 11.3. The lowest BCUT2D eigenvalue weighted by Gasteiger charge is -2.29. The second kappa shape index (κ2) is 9.37. The zero-order valence-electron chi connectivity index (χ0n) is 21.8. The first-order valence-corrected chi connectivity index (χ1v) is 12.6. The molecule has 1 aromatic heterocycles. The lowest BCUT2D eigenvalue weighted by Crippen LogP contribution is -2.31. The predicted molar refractivity (Wildman–Crippen MR) is 148 cm³/mol. The highest BCUT2D eigenvalue weighted by molar-refractivity contribution is 6.32. The number of aliphatic hydroxyl groups excluding tert-OH is 1. The van der Waals surface area contributed by atoms with Crippen LogP contribution in [0.25, 0.3) is 11.0 Å². The minimum absolute atomic E-state index is 0.000160. The van der Waals surface area contributed by atoms with Crippen molar-refractivity contribution in [3.05, 3.63) is 106 Å². The van der Waals surface area contributed by atoms with Crippen LogP contribution in [0.5, 0.6) is 5.75 Å². The van der Waals surface area contributed by atoms with Crippen molar-refractivity contribution >= 4 is 39.9 Å². The smallest absolute Gasteiger partial charge is 0.294 e. The molecule has 0 bridgehead atoms. The average molecular weight is 530 g/mol. The lowest BCUT2D eigenvalue weighted by atomic mass is 9.85. The molecule has 4 aromatic rings. The number of Topliss-reactive ketones (excluding diaryl/α,β-unsaturated/α-hetero) is 1. The van der Waals surface area contributed by atoms with Gasteiger partial charge in [-0.05, 0) is 53.3 Å². The van der Waals surface area contributed by atoms with Gasteiger partial charge in [-0.25, -0.2) is 0 Å². The Bertz CT molecular complexity index is 1610. The number of carbonyl (C=O) groups excluding carboxylic acids is 2. The molecule has 38 heavy (non-hydrogen) atoms. The van der Waals surface area contributed by atoms with Crippen molar-refractivity contribution in [3.8, 4) is 5.75 Å². The van der Waals surface area contributed by atoms with E-state index in [0.717, 1.165) is 5.56 Å². The minimum Gasteiger partial charge on any atom is -0.503 e. The Hall–Kier alpha value is -4.03. The summed E-state index contributed by atoms with van der Waals surface area (Å²) in [6, 6.07) is 19.0. The number of furan rings is 1. The molecule has 2 heterocycles. The molecule has 6 nitrogen and oxygen atoms in total. The Morgan fingerprint density at radius 3 is 2.39 bits per heavy atom. The third kappa shape index (κ3) is 4.15. The number of rotatable bonds is 5. The number of fused-ring (bicyclic) bond motifs is 1. The van der Waals surface area contributed by atoms with Crippen LogP contribution in [0.4, 0.5) is 5.69 Å². The van der Waals surface area contributed by atoms with E-state index in [1.807, 2.05) is 24.3 Å². The molecule has 0 spiro atoms. The summed E-state index contributed by atoms with van der Waals surface area (Å²) in [4.78, 5) is 29.0. The lowest BCUT2D eigenvalue weighted by molar-refractivity contribution is -0.117. The zero-order valence-corrected chi connectivity index (χ0v) is 22.6. The van der Waals surface area contributed by atoms with Crippen molar-refractivity contribution < 1.29 is 23.8 Å². The number of benzene rings is 3. The first-order valence-electron chi connectivity index (χ1n) is 12.3. The molecule has 5 rings (SSSR count). The third-order valence-corrected chi connectivity index (χ3v) is 7.40. The maximum absolute atomic E-state index is 14.0. The number of aliphatic hydroxyl groups is 1. The Morgan fingerprint density at radius 2 is 1.74 bits per heavy atom.